The molecule has 1 saturated carbocycles. The Morgan fingerprint density at radius 3 is 2.77 bits per heavy atom. The van der Waals surface area contributed by atoms with Gasteiger partial charge in [0.15, 0.2) is 5.65 Å². The van der Waals surface area contributed by atoms with Crippen molar-refractivity contribution >= 4 is 11.6 Å². The molecule has 2 atom stereocenters. The van der Waals surface area contributed by atoms with Crippen molar-refractivity contribution in [1.82, 2.24) is 14.6 Å². The van der Waals surface area contributed by atoms with Crippen LogP contribution < -0.4 is 0 Å². The van der Waals surface area contributed by atoms with Gasteiger partial charge in [0.1, 0.15) is 12.4 Å². The first-order valence-electron chi connectivity index (χ1n) is 8.70. The number of pyridine rings is 1. The van der Waals surface area contributed by atoms with Gasteiger partial charge >= 0.3 is 5.97 Å². The maximum atomic E-state index is 12.5. The molecule has 3 aromatic rings. The van der Waals surface area contributed by atoms with Crippen molar-refractivity contribution in [2.45, 2.75) is 39.1 Å². The molecular weight excluding hydrogens is 330 g/mol. The molecule has 6 nitrogen and oxygen atoms in total. The number of carbonyl (C=O) groups is 1. The third-order valence-corrected chi connectivity index (χ3v) is 5.16. The Kier molecular flexibility index (Phi) is 4.20. The van der Waals surface area contributed by atoms with Gasteiger partial charge in [-0.3, -0.25) is 4.40 Å². The fourth-order valence-corrected chi connectivity index (χ4v) is 3.25. The Labute approximate surface area is 151 Å². The lowest BCUT2D eigenvalue weighted by molar-refractivity contribution is -0.181. The van der Waals surface area contributed by atoms with Gasteiger partial charge in [0.2, 0.25) is 0 Å². The molecule has 0 saturated heterocycles. The highest BCUT2D eigenvalue weighted by molar-refractivity contribution is 5.89. The van der Waals surface area contributed by atoms with Crippen LogP contribution in [0.4, 0.5) is 0 Å². The Hall–Kier alpha value is -2.73. The van der Waals surface area contributed by atoms with Crippen LogP contribution in [0, 0.1) is 5.41 Å². The molecule has 134 valence electrons. The number of hydrogen-bond acceptors (Lipinski definition) is 5. The number of nitrogens with zero attached hydrogens (tertiary/aromatic N) is 3. The summed E-state index contributed by atoms with van der Waals surface area (Å²) < 4.78 is 13.5. The van der Waals surface area contributed by atoms with Crippen molar-refractivity contribution < 1.29 is 14.3 Å². The fourth-order valence-electron chi connectivity index (χ4n) is 3.25. The highest BCUT2D eigenvalue weighted by Crippen LogP contribution is 2.45. The van der Waals surface area contributed by atoms with E-state index >= 15 is 0 Å². The Bertz CT molecular complexity index is 920. The van der Waals surface area contributed by atoms with Crippen molar-refractivity contribution in [2.75, 3.05) is 0 Å². The number of esters is 1. The molecule has 4 rings (SSSR count). The summed E-state index contributed by atoms with van der Waals surface area (Å²) in [4.78, 5) is 12.5. The molecule has 6 heteroatoms. The van der Waals surface area contributed by atoms with Crippen molar-refractivity contribution in [3.05, 3.63) is 66.1 Å². The van der Waals surface area contributed by atoms with Gasteiger partial charge in [-0.05, 0) is 17.7 Å². The van der Waals surface area contributed by atoms with E-state index in [1.54, 1.807) is 29.1 Å². The normalized spacial score (nSPS) is 21.3. The summed E-state index contributed by atoms with van der Waals surface area (Å²) in [5, 5.41) is 7.74. The minimum absolute atomic E-state index is 0.0702. The van der Waals surface area contributed by atoms with Gasteiger partial charge in [-0.25, -0.2) is 4.79 Å². The van der Waals surface area contributed by atoms with E-state index in [1.807, 2.05) is 30.3 Å². The zero-order valence-corrected chi connectivity index (χ0v) is 14.8. The Morgan fingerprint density at radius 1 is 1.19 bits per heavy atom. The third kappa shape index (κ3) is 3.08. The van der Waals surface area contributed by atoms with Gasteiger partial charge < -0.3 is 9.47 Å². The fraction of sp³-hybridized carbons (Fsp3) is 0.350. The van der Waals surface area contributed by atoms with Gasteiger partial charge in [0.25, 0.3) is 0 Å². The van der Waals surface area contributed by atoms with Crippen LogP contribution in [0.1, 0.15) is 36.2 Å². The van der Waals surface area contributed by atoms with E-state index in [0.717, 1.165) is 5.56 Å². The van der Waals surface area contributed by atoms with E-state index in [2.05, 4.69) is 24.0 Å². The summed E-state index contributed by atoms with van der Waals surface area (Å²) in [5.74, 6) is -0.333. The molecule has 0 N–H and O–H groups in total. The molecular formula is C20H21N3O3. The van der Waals surface area contributed by atoms with Gasteiger partial charge in [-0.2, -0.15) is 0 Å². The topological polar surface area (TPSA) is 65.7 Å². The number of carbonyl (C=O) groups excluding carboxylic acids is 1. The van der Waals surface area contributed by atoms with Crippen molar-refractivity contribution in [3.63, 3.8) is 0 Å². The van der Waals surface area contributed by atoms with Crippen LogP contribution in [0.15, 0.2) is 55.0 Å². The number of hydrogen-bond donors (Lipinski definition) is 0. The lowest BCUT2D eigenvalue weighted by Crippen LogP contribution is -2.56. The second kappa shape index (κ2) is 6.53. The first-order valence-corrected chi connectivity index (χ1v) is 8.70. The minimum atomic E-state index is -0.333. The van der Waals surface area contributed by atoms with Crippen LogP contribution in [0.2, 0.25) is 0 Å². The van der Waals surface area contributed by atoms with E-state index in [0.29, 0.717) is 24.2 Å². The Balaban J connectivity index is 1.36. The van der Waals surface area contributed by atoms with Crippen LogP contribution in [0.3, 0.4) is 0 Å². The molecule has 26 heavy (non-hydrogen) atoms. The molecule has 2 aromatic heterocycles. The summed E-state index contributed by atoms with van der Waals surface area (Å²) in [6, 6.07) is 13.5. The van der Waals surface area contributed by atoms with Gasteiger partial charge in [0.05, 0.1) is 18.3 Å². The standard InChI is InChI=1S/C20H21N3O3/c1-20(2)16(25-12-14-6-4-3-5-7-14)10-17(20)26-19(24)15-8-9-18-22-21-13-23(18)11-15/h3-9,11,13,16-17H,10,12H2,1-2H3/t16-,17+/m1/s1. The molecule has 0 bridgehead atoms. The molecule has 0 amide bonds. The summed E-state index contributed by atoms with van der Waals surface area (Å²) in [6.45, 7) is 4.72. The van der Waals surface area contributed by atoms with Crippen molar-refractivity contribution in [2.24, 2.45) is 5.41 Å². The van der Waals surface area contributed by atoms with Crippen LogP contribution in [0.5, 0.6) is 0 Å². The Morgan fingerprint density at radius 2 is 2.00 bits per heavy atom. The van der Waals surface area contributed by atoms with E-state index in [-0.39, 0.29) is 23.6 Å². The van der Waals surface area contributed by atoms with Crippen molar-refractivity contribution in [3.8, 4) is 0 Å². The number of fused-ring (bicyclic) bond motifs is 1. The monoisotopic (exact) mass is 351 g/mol. The van der Waals surface area contributed by atoms with Crippen molar-refractivity contribution in [1.29, 1.82) is 0 Å². The van der Waals surface area contributed by atoms with E-state index in [4.69, 9.17) is 9.47 Å². The van der Waals surface area contributed by atoms with Gasteiger partial charge in [0, 0.05) is 18.0 Å². The molecule has 1 aromatic carbocycles. The predicted molar refractivity (Wildman–Crippen MR) is 95.6 cm³/mol. The highest BCUT2D eigenvalue weighted by atomic mass is 16.6. The number of aromatic nitrogens is 3. The molecule has 1 fully saturated rings. The SMILES string of the molecule is CC1(C)[C@@H](OC(=O)c2ccc3nncn3c2)C[C@H]1OCc1ccccc1. The largest absolute Gasteiger partial charge is 0.458 e. The van der Waals surface area contributed by atoms with E-state index < -0.39 is 0 Å². The zero-order chi connectivity index (χ0) is 18.1. The third-order valence-electron chi connectivity index (χ3n) is 5.16. The minimum Gasteiger partial charge on any atom is -0.458 e. The summed E-state index contributed by atoms with van der Waals surface area (Å²) in [7, 11) is 0. The first-order chi connectivity index (χ1) is 12.5. The number of benzene rings is 1. The quantitative estimate of drug-likeness (QED) is 0.660. The zero-order valence-electron chi connectivity index (χ0n) is 14.8. The number of rotatable bonds is 5. The van der Waals surface area contributed by atoms with Crippen LogP contribution >= 0.6 is 0 Å². The smallest absolute Gasteiger partial charge is 0.339 e. The molecule has 0 unspecified atom stereocenters. The molecule has 1 aliphatic rings. The number of ether oxygens (including phenoxy) is 2. The summed E-state index contributed by atoms with van der Waals surface area (Å²) in [5.41, 5.74) is 2.11. The molecule has 0 radical (unpaired) electrons. The predicted octanol–water partition coefficient (Wildman–Crippen LogP) is 3.27. The average Bonchev–Trinajstić information content (AvgIpc) is 3.12. The van der Waals surface area contributed by atoms with E-state index in [9.17, 15) is 4.79 Å². The second-order valence-corrected chi connectivity index (χ2v) is 7.25. The lowest BCUT2D eigenvalue weighted by Gasteiger charge is -2.50. The second-order valence-electron chi connectivity index (χ2n) is 7.25. The average molecular weight is 351 g/mol. The first kappa shape index (κ1) is 16.7. The summed E-state index contributed by atoms with van der Waals surface area (Å²) >= 11 is 0. The van der Waals surface area contributed by atoms with Crippen LogP contribution in [-0.4, -0.2) is 32.8 Å². The van der Waals surface area contributed by atoms with Crippen LogP contribution in [-0.2, 0) is 16.1 Å². The lowest BCUT2D eigenvalue weighted by atomic mass is 9.66. The summed E-state index contributed by atoms with van der Waals surface area (Å²) in [6.07, 6.45) is 3.87. The molecule has 0 aliphatic heterocycles. The maximum absolute atomic E-state index is 12.5. The molecule has 2 heterocycles. The van der Waals surface area contributed by atoms with Gasteiger partial charge in [-0.1, -0.05) is 44.2 Å². The maximum Gasteiger partial charge on any atom is 0.339 e. The van der Waals surface area contributed by atoms with E-state index in [1.165, 1.54) is 0 Å². The van der Waals surface area contributed by atoms with Crippen LogP contribution in [0.25, 0.3) is 5.65 Å². The highest BCUT2D eigenvalue weighted by Gasteiger charge is 2.51. The van der Waals surface area contributed by atoms with Gasteiger partial charge in [-0.15, -0.1) is 10.2 Å². The molecule has 1 aliphatic carbocycles. The molecule has 0 spiro atoms.